The highest BCUT2D eigenvalue weighted by Crippen LogP contribution is 2.31. The summed E-state index contributed by atoms with van der Waals surface area (Å²) in [6.07, 6.45) is 3.82. The van der Waals surface area contributed by atoms with Crippen molar-refractivity contribution in [1.82, 2.24) is 0 Å². The van der Waals surface area contributed by atoms with Gasteiger partial charge in [-0.1, -0.05) is 12.1 Å². The summed E-state index contributed by atoms with van der Waals surface area (Å²) in [5, 5.41) is -0.309. The van der Waals surface area contributed by atoms with Crippen LogP contribution in [0.2, 0.25) is 0 Å². The van der Waals surface area contributed by atoms with Gasteiger partial charge in [-0.15, -0.1) is 0 Å². The number of sulfone groups is 1. The lowest BCUT2D eigenvalue weighted by atomic mass is 9.79. The number of rotatable bonds is 7. The van der Waals surface area contributed by atoms with Gasteiger partial charge in [0.1, 0.15) is 5.78 Å². The first-order chi connectivity index (χ1) is 11.7. The number of nitrogens with zero attached hydrogens (tertiary/aromatic N) is 1. The van der Waals surface area contributed by atoms with Crippen LogP contribution in [0.4, 0.5) is 5.69 Å². The summed E-state index contributed by atoms with van der Waals surface area (Å²) in [6.45, 7) is 3.48. The zero-order valence-corrected chi connectivity index (χ0v) is 16.7. The Morgan fingerprint density at radius 2 is 1.80 bits per heavy atom. The van der Waals surface area contributed by atoms with Gasteiger partial charge in [-0.05, 0) is 63.1 Å². The van der Waals surface area contributed by atoms with Crippen LogP contribution in [0, 0.1) is 11.8 Å². The molecule has 1 aromatic rings. The van der Waals surface area contributed by atoms with E-state index in [0.717, 1.165) is 36.9 Å². The summed E-state index contributed by atoms with van der Waals surface area (Å²) in [7, 11) is 1.00. The summed E-state index contributed by atoms with van der Waals surface area (Å²) in [6, 6.07) is 8.10. The van der Waals surface area contributed by atoms with Crippen molar-refractivity contribution in [2.75, 3.05) is 24.7 Å². The normalized spacial score (nSPS) is 21.3. The Morgan fingerprint density at radius 3 is 2.36 bits per heavy atom. The molecule has 0 N–H and O–H groups in total. The fourth-order valence-corrected chi connectivity index (χ4v) is 4.84. The van der Waals surface area contributed by atoms with E-state index in [2.05, 4.69) is 6.07 Å². The minimum Gasteiger partial charge on any atom is -0.378 e. The summed E-state index contributed by atoms with van der Waals surface area (Å²) >= 11 is 0. The molecule has 0 amide bonds. The maximum Gasteiger partial charge on any atom is 0.152 e. The molecule has 1 saturated carbocycles. The molecule has 0 aliphatic heterocycles. The van der Waals surface area contributed by atoms with Gasteiger partial charge in [0.2, 0.25) is 0 Å². The lowest BCUT2D eigenvalue weighted by Crippen LogP contribution is -2.29. The number of carbonyl (C=O) groups is 1. The van der Waals surface area contributed by atoms with Gasteiger partial charge in [0.05, 0.1) is 11.0 Å². The van der Waals surface area contributed by atoms with Gasteiger partial charge in [-0.2, -0.15) is 0 Å². The van der Waals surface area contributed by atoms with Gasteiger partial charge >= 0.3 is 0 Å². The lowest BCUT2D eigenvalue weighted by molar-refractivity contribution is -0.123. The second-order valence-electron chi connectivity index (χ2n) is 7.80. The summed E-state index contributed by atoms with van der Waals surface area (Å²) in [5.41, 5.74) is 2.16. The van der Waals surface area contributed by atoms with E-state index in [1.54, 1.807) is 13.8 Å². The summed E-state index contributed by atoms with van der Waals surface area (Å²) < 4.78 is 24.1. The van der Waals surface area contributed by atoms with Crippen molar-refractivity contribution in [1.29, 1.82) is 0 Å². The first-order valence-corrected chi connectivity index (χ1v) is 10.9. The van der Waals surface area contributed by atoms with E-state index >= 15 is 0 Å². The van der Waals surface area contributed by atoms with E-state index in [-0.39, 0.29) is 22.8 Å². The Bertz CT molecular complexity index is 687. The van der Waals surface area contributed by atoms with Crippen LogP contribution < -0.4 is 4.90 Å². The van der Waals surface area contributed by atoms with Crippen molar-refractivity contribution in [3.63, 3.8) is 0 Å². The molecule has 0 unspecified atom stereocenters. The third-order valence-electron chi connectivity index (χ3n) is 5.29. The van der Waals surface area contributed by atoms with Gasteiger partial charge in [0.15, 0.2) is 9.84 Å². The van der Waals surface area contributed by atoms with Crippen LogP contribution in [0.3, 0.4) is 0 Å². The molecule has 2 rings (SSSR count). The van der Waals surface area contributed by atoms with Crippen LogP contribution in [-0.2, 0) is 21.1 Å². The van der Waals surface area contributed by atoms with Crippen LogP contribution in [0.5, 0.6) is 0 Å². The van der Waals surface area contributed by atoms with Gasteiger partial charge in [-0.3, -0.25) is 4.79 Å². The van der Waals surface area contributed by atoms with Crippen LogP contribution >= 0.6 is 0 Å². The van der Waals surface area contributed by atoms with Gasteiger partial charge in [0.25, 0.3) is 0 Å². The van der Waals surface area contributed by atoms with Crippen LogP contribution in [-0.4, -0.2) is 39.3 Å². The third-order valence-corrected chi connectivity index (χ3v) is 7.67. The Morgan fingerprint density at radius 1 is 1.16 bits per heavy atom. The van der Waals surface area contributed by atoms with E-state index in [1.165, 1.54) is 0 Å². The molecule has 0 spiro atoms. The molecule has 140 valence electrons. The fraction of sp³-hybridized carbons (Fsp3) is 0.650. The smallest absolute Gasteiger partial charge is 0.152 e. The third kappa shape index (κ3) is 5.56. The molecule has 0 heterocycles. The Kier molecular flexibility index (Phi) is 6.66. The quantitative estimate of drug-likeness (QED) is 0.742. The Labute approximate surface area is 152 Å². The van der Waals surface area contributed by atoms with Crippen molar-refractivity contribution in [3.05, 3.63) is 29.8 Å². The largest absolute Gasteiger partial charge is 0.378 e. The van der Waals surface area contributed by atoms with Crippen molar-refractivity contribution in [2.45, 2.75) is 51.2 Å². The second-order valence-corrected chi connectivity index (χ2v) is 10.4. The van der Waals surface area contributed by atoms with E-state index in [1.807, 2.05) is 37.2 Å². The van der Waals surface area contributed by atoms with E-state index in [9.17, 15) is 13.2 Å². The number of anilines is 1. The minimum atomic E-state index is -2.99. The monoisotopic (exact) mass is 365 g/mol. The zero-order chi connectivity index (χ0) is 18.6. The van der Waals surface area contributed by atoms with Gasteiger partial charge in [0, 0.05) is 32.1 Å². The Hall–Kier alpha value is -1.36. The molecule has 1 aromatic carbocycles. The van der Waals surface area contributed by atoms with E-state index in [0.29, 0.717) is 12.2 Å². The molecule has 4 nitrogen and oxygen atoms in total. The molecule has 0 saturated heterocycles. The summed E-state index contributed by atoms with van der Waals surface area (Å²) in [5.74, 6) is 0.867. The van der Waals surface area contributed by atoms with Crippen LogP contribution in [0.25, 0.3) is 0 Å². The fourth-order valence-electron chi connectivity index (χ4n) is 3.46. The molecule has 1 fully saturated rings. The maximum absolute atomic E-state index is 12.6. The predicted molar refractivity (Wildman–Crippen MR) is 104 cm³/mol. The molecule has 0 aromatic heterocycles. The van der Waals surface area contributed by atoms with E-state index in [4.69, 9.17) is 0 Å². The molecule has 0 bridgehead atoms. The lowest BCUT2D eigenvalue weighted by Gasteiger charge is -2.28. The topological polar surface area (TPSA) is 54.5 Å². The number of hydrogen-bond acceptors (Lipinski definition) is 4. The van der Waals surface area contributed by atoms with Crippen molar-refractivity contribution >= 4 is 21.3 Å². The highest BCUT2D eigenvalue weighted by atomic mass is 32.2. The summed E-state index contributed by atoms with van der Waals surface area (Å²) in [4.78, 5) is 14.7. The molecular weight excluding hydrogens is 334 g/mol. The van der Waals surface area contributed by atoms with Crippen molar-refractivity contribution < 1.29 is 13.2 Å². The average Bonchev–Trinajstić information content (AvgIpc) is 2.55. The maximum atomic E-state index is 12.6. The number of Topliss-reactive ketones (excluding diaryl/α,β-unsaturated/α-hetero) is 1. The van der Waals surface area contributed by atoms with Gasteiger partial charge in [-0.25, -0.2) is 8.42 Å². The predicted octanol–water partition coefficient (Wildman–Crippen LogP) is 3.49. The number of hydrogen-bond donors (Lipinski definition) is 0. The molecule has 0 atom stereocenters. The standard InChI is InChI=1S/C20H31NO3S/c1-15(2)25(23,24)14-16-8-10-18(11-9-16)20(22)13-17-6-5-7-19(12-17)21(3)4/h5-7,12,15-16,18H,8-11,13-14H2,1-4H3. The van der Waals surface area contributed by atoms with Crippen molar-refractivity contribution in [3.8, 4) is 0 Å². The second kappa shape index (κ2) is 8.35. The molecule has 25 heavy (non-hydrogen) atoms. The Balaban J connectivity index is 1.88. The average molecular weight is 366 g/mol. The van der Waals surface area contributed by atoms with Crippen molar-refractivity contribution in [2.24, 2.45) is 11.8 Å². The van der Waals surface area contributed by atoms with Crippen LogP contribution in [0.15, 0.2) is 24.3 Å². The molecule has 1 aliphatic rings. The molecule has 1 aliphatic carbocycles. The first kappa shape index (κ1) is 20.0. The van der Waals surface area contributed by atoms with Crippen LogP contribution in [0.1, 0.15) is 45.1 Å². The molecular formula is C20H31NO3S. The van der Waals surface area contributed by atoms with Gasteiger partial charge < -0.3 is 4.90 Å². The number of ketones is 1. The SMILES string of the molecule is CC(C)S(=O)(=O)CC1CCC(C(=O)Cc2cccc(N(C)C)c2)CC1. The highest BCUT2D eigenvalue weighted by molar-refractivity contribution is 7.91. The zero-order valence-electron chi connectivity index (χ0n) is 15.9. The minimum absolute atomic E-state index is 0.0843. The molecule has 5 heteroatoms. The number of benzene rings is 1. The number of carbonyl (C=O) groups excluding carboxylic acids is 1. The molecule has 0 radical (unpaired) electrons. The first-order valence-electron chi connectivity index (χ1n) is 9.19. The van der Waals surface area contributed by atoms with E-state index < -0.39 is 9.84 Å². The highest BCUT2D eigenvalue weighted by Gasteiger charge is 2.29.